The predicted molar refractivity (Wildman–Crippen MR) is 80.0 cm³/mol. The molecule has 0 saturated heterocycles. The van der Waals surface area contributed by atoms with Crippen LogP contribution < -0.4 is 5.32 Å². The molecular weight excluding hydrogens is 324 g/mol. The Balaban J connectivity index is 2.12. The first-order valence-corrected chi connectivity index (χ1v) is 7.75. The van der Waals surface area contributed by atoms with Crippen molar-refractivity contribution in [2.24, 2.45) is 0 Å². The Kier molecular flexibility index (Phi) is 5.39. The molecule has 7 heteroatoms. The van der Waals surface area contributed by atoms with Gasteiger partial charge in [0.25, 0.3) is 5.76 Å². The zero-order chi connectivity index (χ0) is 14.5. The molecule has 1 aromatic heterocycles. The molecule has 1 amide bonds. The van der Waals surface area contributed by atoms with E-state index in [1.54, 1.807) is 12.1 Å². The van der Waals surface area contributed by atoms with Gasteiger partial charge in [0.05, 0.1) is 22.0 Å². The van der Waals surface area contributed by atoms with E-state index < -0.39 is 5.76 Å². The minimum atomic E-state index is -2.59. The topological polar surface area (TPSA) is 29.1 Å². The van der Waals surface area contributed by atoms with Gasteiger partial charge in [0.1, 0.15) is 0 Å². The lowest BCUT2D eigenvalue weighted by molar-refractivity contribution is -0.115. The molecule has 2 aromatic rings. The molecule has 0 unspecified atom stereocenters. The first kappa shape index (κ1) is 15.3. The molecule has 1 heterocycles. The third-order valence-electron chi connectivity index (χ3n) is 2.36. The molecule has 0 atom stereocenters. The third kappa shape index (κ3) is 4.19. The van der Waals surface area contributed by atoms with Gasteiger partial charge in [-0.3, -0.25) is 4.79 Å². The summed E-state index contributed by atoms with van der Waals surface area (Å²) in [6.45, 7) is 0. The van der Waals surface area contributed by atoms with Crippen molar-refractivity contribution in [1.29, 1.82) is 0 Å². The fourth-order valence-corrected chi connectivity index (χ4v) is 3.20. The second kappa shape index (κ2) is 7.06. The molecule has 0 aliphatic rings. The summed E-state index contributed by atoms with van der Waals surface area (Å²) in [6, 6.07) is 8.38. The quantitative estimate of drug-likeness (QED) is 0.789. The summed E-state index contributed by atoms with van der Waals surface area (Å²) in [5.74, 6) is -2.85. The molecule has 1 aromatic carbocycles. The molecule has 106 valence electrons. The minimum absolute atomic E-state index is 0.184. The fraction of sp³-hybridized carbons (Fsp3) is 0.154. The van der Waals surface area contributed by atoms with E-state index >= 15 is 0 Å². The first-order valence-electron chi connectivity index (χ1n) is 5.62. The van der Waals surface area contributed by atoms with Crippen molar-refractivity contribution in [1.82, 2.24) is 0 Å². The molecule has 0 radical (unpaired) electrons. The van der Waals surface area contributed by atoms with Crippen LogP contribution >= 0.6 is 34.7 Å². The molecule has 0 aliphatic carbocycles. The lowest BCUT2D eigenvalue weighted by atomic mass is 10.3. The maximum Gasteiger partial charge on any atom is 0.289 e. The van der Waals surface area contributed by atoms with Crippen LogP contribution in [0.1, 0.15) is 4.88 Å². The molecule has 0 aliphatic heterocycles. The number of carbonyl (C=O) groups excluding carboxylic acids is 1. The normalized spacial score (nSPS) is 10.8. The van der Waals surface area contributed by atoms with E-state index in [4.69, 9.17) is 11.6 Å². The number of thiophene rings is 1. The van der Waals surface area contributed by atoms with E-state index in [1.807, 2.05) is 17.5 Å². The van der Waals surface area contributed by atoms with Crippen molar-refractivity contribution in [3.05, 3.63) is 45.6 Å². The Hall–Kier alpha value is -1.11. The largest absolute Gasteiger partial charge is 0.325 e. The van der Waals surface area contributed by atoms with Crippen molar-refractivity contribution >= 4 is 46.3 Å². The van der Waals surface area contributed by atoms with Gasteiger partial charge in [0.15, 0.2) is 0 Å². The Morgan fingerprint density at radius 1 is 1.35 bits per heavy atom. The Morgan fingerprint density at radius 2 is 2.15 bits per heavy atom. The van der Waals surface area contributed by atoms with Crippen LogP contribution in [0, 0.1) is 0 Å². The van der Waals surface area contributed by atoms with Gasteiger partial charge in [-0.2, -0.15) is 8.78 Å². The predicted octanol–water partition coefficient (Wildman–Crippen LogP) is 4.90. The van der Waals surface area contributed by atoms with Gasteiger partial charge in [0.2, 0.25) is 5.91 Å². The van der Waals surface area contributed by atoms with E-state index in [0.29, 0.717) is 17.4 Å². The highest BCUT2D eigenvalue weighted by atomic mass is 35.5. The van der Waals surface area contributed by atoms with Gasteiger partial charge >= 0.3 is 0 Å². The number of benzene rings is 1. The van der Waals surface area contributed by atoms with Crippen molar-refractivity contribution < 1.29 is 13.6 Å². The lowest BCUT2D eigenvalue weighted by Crippen LogP contribution is -2.14. The molecule has 20 heavy (non-hydrogen) atoms. The van der Waals surface area contributed by atoms with Crippen LogP contribution in [0.5, 0.6) is 0 Å². The number of alkyl halides is 2. The van der Waals surface area contributed by atoms with Crippen molar-refractivity contribution in [2.45, 2.75) is 17.1 Å². The van der Waals surface area contributed by atoms with Crippen LogP contribution in [0.25, 0.3) is 0 Å². The second-order valence-corrected chi connectivity index (χ2v) is 6.24. The Bertz CT molecular complexity index is 590. The molecule has 1 N–H and O–H groups in total. The molecule has 0 bridgehead atoms. The Labute approximate surface area is 128 Å². The molecule has 0 saturated carbocycles. The van der Waals surface area contributed by atoms with E-state index in [2.05, 4.69) is 5.32 Å². The highest BCUT2D eigenvalue weighted by Crippen LogP contribution is 2.37. The molecule has 2 rings (SSSR count). The summed E-state index contributed by atoms with van der Waals surface area (Å²) in [5, 5.41) is 4.70. The standard InChI is InChI=1S/C13H10ClF2NOS2/c14-9-4-1-5-10(12(9)20-13(15)16)17-11(18)7-8-3-2-6-19-8/h1-6,13H,7H2,(H,17,18). The summed E-state index contributed by atoms with van der Waals surface area (Å²) in [5.41, 5.74) is 0.310. The van der Waals surface area contributed by atoms with Gasteiger partial charge in [0, 0.05) is 4.88 Å². The van der Waals surface area contributed by atoms with Gasteiger partial charge < -0.3 is 5.32 Å². The summed E-state index contributed by atoms with van der Waals surface area (Å²) in [4.78, 5) is 13.0. The van der Waals surface area contributed by atoms with Crippen molar-refractivity contribution in [3.63, 3.8) is 0 Å². The van der Waals surface area contributed by atoms with Crippen LogP contribution in [0.3, 0.4) is 0 Å². The van der Waals surface area contributed by atoms with Gasteiger partial charge in [-0.15, -0.1) is 11.3 Å². The smallest absolute Gasteiger partial charge is 0.289 e. The average molecular weight is 334 g/mol. The van der Waals surface area contributed by atoms with E-state index in [1.165, 1.54) is 17.4 Å². The van der Waals surface area contributed by atoms with Crippen LogP contribution in [-0.4, -0.2) is 11.7 Å². The summed E-state index contributed by atoms with van der Waals surface area (Å²) >= 11 is 7.69. The second-order valence-electron chi connectivity index (χ2n) is 3.80. The number of hydrogen-bond donors (Lipinski definition) is 1. The number of halogens is 3. The lowest BCUT2D eigenvalue weighted by Gasteiger charge is -2.11. The van der Waals surface area contributed by atoms with Crippen LogP contribution in [0.15, 0.2) is 40.6 Å². The van der Waals surface area contributed by atoms with Gasteiger partial charge in [-0.1, -0.05) is 35.5 Å². The van der Waals surface area contributed by atoms with Crippen LogP contribution in [0.4, 0.5) is 14.5 Å². The fourth-order valence-electron chi connectivity index (χ4n) is 1.58. The number of nitrogens with one attached hydrogen (secondary N) is 1. The third-order valence-corrected chi connectivity index (χ3v) is 4.52. The Morgan fingerprint density at radius 3 is 2.80 bits per heavy atom. The van der Waals surface area contributed by atoms with Gasteiger partial charge in [-0.25, -0.2) is 0 Å². The molecule has 0 spiro atoms. The highest BCUT2D eigenvalue weighted by Gasteiger charge is 2.15. The summed E-state index contributed by atoms with van der Waals surface area (Å²) in [6.07, 6.45) is 0.211. The molecule has 2 nitrogen and oxygen atoms in total. The average Bonchev–Trinajstić information content (AvgIpc) is 2.86. The minimum Gasteiger partial charge on any atom is -0.325 e. The summed E-state index contributed by atoms with van der Waals surface area (Å²) in [7, 11) is 0. The zero-order valence-corrected chi connectivity index (χ0v) is 12.5. The monoisotopic (exact) mass is 333 g/mol. The van der Waals surface area contributed by atoms with E-state index in [0.717, 1.165) is 4.88 Å². The highest BCUT2D eigenvalue weighted by molar-refractivity contribution is 7.99. The first-order chi connectivity index (χ1) is 9.56. The number of amides is 1. The maximum atomic E-state index is 12.5. The SMILES string of the molecule is O=C(Cc1cccs1)Nc1cccc(Cl)c1SC(F)F. The zero-order valence-electron chi connectivity index (χ0n) is 10.1. The number of rotatable bonds is 5. The molecular formula is C13H10ClF2NOS2. The van der Waals surface area contributed by atoms with Gasteiger partial charge in [-0.05, 0) is 23.6 Å². The van der Waals surface area contributed by atoms with Crippen LogP contribution in [-0.2, 0) is 11.2 Å². The number of anilines is 1. The van der Waals surface area contributed by atoms with Crippen molar-refractivity contribution in [2.75, 3.05) is 5.32 Å². The number of thioether (sulfide) groups is 1. The van der Waals surface area contributed by atoms with Crippen LogP contribution in [0.2, 0.25) is 5.02 Å². The van der Waals surface area contributed by atoms with E-state index in [-0.39, 0.29) is 22.2 Å². The number of carbonyl (C=O) groups is 1. The number of hydrogen-bond acceptors (Lipinski definition) is 3. The maximum absolute atomic E-state index is 12.5. The molecule has 0 fully saturated rings. The van der Waals surface area contributed by atoms with Crippen molar-refractivity contribution in [3.8, 4) is 0 Å². The van der Waals surface area contributed by atoms with E-state index in [9.17, 15) is 13.6 Å². The summed E-state index contributed by atoms with van der Waals surface area (Å²) < 4.78 is 25.0.